The van der Waals surface area contributed by atoms with Crippen molar-refractivity contribution in [3.05, 3.63) is 42.0 Å². The smallest absolute Gasteiger partial charge is 0.433 e. The molecule has 0 amide bonds. The molecular formula is C38H48F3N9O3. The summed E-state index contributed by atoms with van der Waals surface area (Å²) >= 11 is 0. The number of ether oxygens (including phenoxy) is 2. The van der Waals surface area contributed by atoms with Gasteiger partial charge in [-0.3, -0.25) is 9.69 Å². The van der Waals surface area contributed by atoms with Crippen LogP contribution >= 0.6 is 0 Å². The largest absolute Gasteiger partial charge is 0.466 e. The Kier molecular flexibility index (Phi) is 10.6. The Bertz CT molecular complexity index is 1910. The van der Waals surface area contributed by atoms with Gasteiger partial charge in [0.05, 0.1) is 43.4 Å². The molecule has 2 saturated carbocycles. The lowest BCUT2D eigenvalue weighted by atomic mass is 9.86. The van der Waals surface area contributed by atoms with Crippen molar-refractivity contribution >= 4 is 28.6 Å². The Morgan fingerprint density at radius 3 is 2.51 bits per heavy atom. The van der Waals surface area contributed by atoms with Gasteiger partial charge in [-0.15, -0.1) is 0 Å². The topological polar surface area (TPSA) is 125 Å². The molecular weight excluding hydrogens is 687 g/mol. The van der Waals surface area contributed by atoms with Gasteiger partial charge >= 0.3 is 12.1 Å². The molecule has 1 aliphatic heterocycles. The van der Waals surface area contributed by atoms with Crippen LogP contribution in [0.2, 0.25) is 0 Å². The summed E-state index contributed by atoms with van der Waals surface area (Å²) < 4.78 is 52.9. The van der Waals surface area contributed by atoms with Crippen molar-refractivity contribution < 1.29 is 27.4 Å². The summed E-state index contributed by atoms with van der Waals surface area (Å²) in [5, 5.41) is 0. The second-order valence-corrected chi connectivity index (χ2v) is 14.9. The van der Waals surface area contributed by atoms with Gasteiger partial charge in [-0.2, -0.15) is 13.2 Å². The first-order valence-corrected chi connectivity index (χ1v) is 18.6. The fourth-order valence-corrected chi connectivity index (χ4v) is 7.95. The third kappa shape index (κ3) is 8.25. The van der Waals surface area contributed by atoms with Crippen LogP contribution in [-0.2, 0) is 20.4 Å². The van der Waals surface area contributed by atoms with Crippen LogP contribution in [0.1, 0.15) is 76.1 Å². The Morgan fingerprint density at radius 1 is 1.06 bits per heavy atom. The number of nitrogens with zero attached hydrogens (tertiary/aromatic N) is 8. The molecule has 0 bridgehead atoms. The maximum Gasteiger partial charge on any atom is 0.433 e. The van der Waals surface area contributed by atoms with E-state index in [1.807, 2.05) is 20.0 Å². The molecule has 12 nitrogen and oxygen atoms in total. The van der Waals surface area contributed by atoms with Crippen LogP contribution in [0.5, 0.6) is 0 Å². The fourth-order valence-electron chi connectivity index (χ4n) is 7.95. The number of anilines is 2. The number of methoxy groups -OCH3 is 1. The highest BCUT2D eigenvalue weighted by Crippen LogP contribution is 2.44. The molecule has 0 unspecified atom stereocenters. The van der Waals surface area contributed by atoms with Crippen molar-refractivity contribution in [1.82, 2.24) is 34.8 Å². The van der Waals surface area contributed by atoms with E-state index in [1.54, 1.807) is 25.6 Å². The molecule has 5 heterocycles. The molecule has 1 saturated heterocycles. The Balaban J connectivity index is 1.19. The van der Waals surface area contributed by atoms with Crippen molar-refractivity contribution in [3.8, 4) is 22.8 Å². The number of hydrogen-bond donors (Lipinski definition) is 1. The van der Waals surface area contributed by atoms with Crippen LogP contribution in [0.4, 0.5) is 24.7 Å². The summed E-state index contributed by atoms with van der Waals surface area (Å²) in [5.41, 5.74) is 2.61. The van der Waals surface area contributed by atoms with E-state index >= 15 is 0 Å². The number of carbonyl (C=O) groups excluding carboxylic acids is 1. The van der Waals surface area contributed by atoms with E-state index in [0.29, 0.717) is 72.4 Å². The molecule has 0 aromatic carbocycles. The van der Waals surface area contributed by atoms with Gasteiger partial charge in [0.1, 0.15) is 22.7 Å². The number of alkyl halides is 3. The number of piperazine rings is 1. The van der Waals surface area contributed by atoms with Gasteiger partial charge in [0.2, 0.25) is 0 Å². The quantitative estimate of drug-likeness (QED) is 0.152. The molecule has 7 rings (SSSR count). The second-order valence-electron chi connectivity index (χ2n) is 14.9. The van der Waals surface area contributed by atoms with Crippen molar-refractivity contribution in [3.63, 3.8) is 0 Å². The first kappa shape index (κ1) is 37.0. The van der Waals surface area contributed by atoms with Gasteiger partial charge in [-0.25, -0.2) is 24.9 Å². The summed E-state index contributed by atoms with van der Waals surface area (Å²) in [6, 6.07) is 4.90. The van der Waals surface area contributed by atoms with Gasteiger partial charge in [0.15, 0.2) is 11.5 Å². The minimum absolute atomic E-state index is 0.0279. The standard InChI is InChI=1S/C38H48F3N9O3/c1-5-53-33(51)10-13-49-14-15-50(21-24(49)2)32-20-42-29(19-43-32)35-46-34-30(48(3)22-37(23-52-4)11-6-7-12-37)18-28(45-36(34)47-35)26-16-27(25-8-9-25)44-31(17-26)38(39,40)41/h16-20,24-25H,5-15,21-23H2,1-4H3,(H,45,46,47)/t24-/m0/s1. The molecule has 15 heteroatoms. The Labute approximate surface area is 307 Å². The predicted molar refractivity (Wildman–Crippen MR) is 196 cm³/mol. The average molecular weight is 736 g/mol. The van der Waals surface area contributed by atoms with Crippen molar-refractivity contribution in [1.29, 1.82) is 0 Å². The van der Waals surface area contributed by atoms with Crippen molar-refractivity contribution in [2.24, 2.45) is 5.41 Å². The second kappa shape index (κ2) is 15.2. The predicted octanol–water partition coefficient (Wildman–Crippen LogP) is 6.48. The van der Waals surface area contributed by atoms with E-state index in [4.69, 9.17) is 29.4 Å². The molecule has 0 radical (unpaired) electrons. The molecule has 0 spiro atoms. The third-order valence-electron chi connectivity index (χ3n) is 10.8. The van der Waals surface area contributed by atoms with Gasteiger partial charge in [0, 0.05) is 75.5 Å². The zero-order valence-corrected chi connectivity index (χ0v) is 30.9. The highest BCUT2D eigenvalue weighted by atomic mass is 19.4. The average Bonchev–Trinajstić information content (AvgIpc) is 3.75. The number of rotatable bonds is 13. The molecule has 3 aliphatic rings. The van der Waals surface area contributed by atoms with Gasteiger partial charge in [-0.05, 0) is 57.7 Å². The summed E-state index contributed by atoms with van der Waals surface area (Å²) in [6.45, 7) is 8.57. The van der Waals surface area contributed by atoms with Crippen LogP contribution < -0.4 is 9.80 Å². The molecule has 284 valence electrons. The normalized spacial score (nSPS) is 19.2. The first-order valence-electron chi connectivity index (χ1n) is 18.6. The third-order valence-corrected chi connectivity index (χ3v) is 10.8. The molecule has 4 aromatic heterocycles. The maximum atomic E-state index is 14.1. The van der Waals surface area contributed by atoms with E-state index in [0.717, 1.165) is 75.7 Å². The van der Waals surface area contributed by atoms with Crippen LogP contribution in [0, 0.1) is 5.41 Å². The lowest BCUT2D eigenvalue weighted by Crippen LogP contribution is -2.52. The lowest BCUT2D eigenvalue weighted by Gasteiger charge is -2.40. The van der Waals surface area contributed by atoms with Crippen LogP contribution in [-0.4, -0.2) is 107 Å². The number of aromatic amines is 1. The molecule has 4 aromatic rings. The van der Waals surface area contributed by atoms with Crippen LogP contribution in [0.3, 0.4) is 0 Å². The van der Waals surface area contributed by atoms with E-state index in [-0.39, 0.29) is 23.3 Å². The number of fused-ring (bicyclic) bond motifs is 1. The zero-order chi connectivity index (χ0) is 37.3. The molecule has 53 heavy (non-hydrogen) atoms. The van der Waals surface area contributed by atoms with Crippen molar-refractivity contribution in [2.75, 3.05) is 69.9 Å². The number of carbonyl (C=O) groups is 1. The summed E-state index contributed by atoms with van der Waals surface area (Å²) in [5.74, 6) is 1.05. The molecule has 1 N–H and O–H groups in total. The number of halogens is 3. The monoisotopic (exact) mass is 735 g/mol. The Morgan fingerprint density at radius 2 is 1.85 bits per heavy atom. The number of pyridine rings is 2. The molecule has 3 fully saturated rings. The number of hydrogen-bond acceptors (Lipinski definition) is 11. The fraction of sp³-hybridized carbons (Fsp3) is 0.579. The summed E-state index contributed by atoms with van der Waals surface area (Å²) in [7, 11) is 3.73. The number of aromatic nitrogens is 6. The maximum absolute atomic E-state index is 14.1. The van der Waals surface area contributed by atoms with Gasteiger partial charge < -0.3 is 24.3 Å². The number of H-pyrrole nitrogens is 1. The molecule has 1 atom stereocenters. The van der Waals surface area contributed by atoms with E-state index in [2.05, 4.69) is 31.6 Å². The molecule has 2 aliphatic carbocycles. The highest BCUT2D eigenvalue weighted by molar-refractivity contribution is 5.91. The number of imidazole rings is 1. The van der Waals surface area contributed by atoms with Crippen LogP contribution in [0.15, 0.2) is 30.6 Å². The van der Waals surface area contributed by atoms with Gasteiger partial charge in [0.25, 0.3) is 0 Å². The minimum atomic E-state index is -4.58. The summed E-state index contributed by atoms with van der Waals surface area (Å²) in [4.78, 5) is 45.0. The first-order chi connectivity index (χ1) is 25.4. The Hall–Kier alpha value is -4.37. The minimum Gasteiger partial charge on any atom is -0.466 e. The van der Waals surface area contributed by atoms with E-state index < -0.39 is 11.9 Å². The SMILES string of the molecule is CCOC(=O)CCN1CCN(c2cnc(-c3nc4nc(-c5cc(C6CC6)nc(C(F)(F)F)c5)cc(N(C)CC5(COC)CCCC5)c4[nH]3)cn2)C[C@@H]1C. The lowest BCUT2D eigenvalue weighted by molar-refractivity contribution is -0.143. The highest BCUT2D eigenvalue weighted by Gasteiger charge is 2.37. The number of esters is 1. The van der Waals surface area contributed by atoms with Gasteiger partial charge in [-0.1, -0.05) is 12.8 Å². The van der Waals surface area contributed by atoms with E-state index in [9.17, 15) is 18.0 Å². The van der Waals surface area contributed by atoms with E-state index in [1.165, 1.54) is 0 Å². The van der Waals surface area contributed by atoms with Crippen molar-refractivity contribution in [2.45, 2.75) is 76.9 Å². The zero-order valence-electron chi connectivity index (χ0n) is 30.9. The summed E-state index contributed by atoms with van der Waals surface area (Å²) in [6.07, 6.45) is 5.17. The van der Waals surface area contributed by atoms with Crippen LogP contribution in [0.25, 0.3) is 33.9 Å². The number of nitrogens with one attached hydrogen (secondary N) is 1.